The Kier molecular flexibility index (Phi) is 6.24. The van der Waals surface area contributed by atoms with Gasteiger partial charge in [-0.15, -0.1) is 0 Å². The minimum atomic E-state index is -0.382. The van der Waals surface area contributed by atoms with Crippen molar-refractivity contribution in [3.05, 3.63) is 88.2 Å². The number of carbonyl (C=O) groups is 1. The second kappa shape index (κ2) is 9.26. The van der Waals surface area contributed by atoms with E-state index in [1.807, 2.05) is 32.9 Å². The first kappa shape index (κ1) is 22.2. The molecule has 0 fully saturated rings. The second-order valence-corrected chi connectivity index (χ2v) is 7.88. The van der Waals surface area contributed by atoms with Crippen LogP contribution in [0, 0.1) is 20.8 Å². The van der Waals surface area contributed by atoms with Crippen molar-refractivity contribution in [3.63, 3.8) is 0 Å². The van der Waals surface area contributed by atoms with Crippen LogP contribution in [0.25, 0.3) is 11.0 Å². The number of anilines is 1. The van der Waals surface area contributed by atoms with Crippen LogP contribution in [-0.2, 0) is 6.61 Å². The molecule has 1 amide bonds. The third-order valence-corrected chi connectivity index (χ3v) is 5.25. The number of nitrogens with zero attached hydrogens (tertiary/aromatic N) is 2. The maximum atomic E-state index is 13.3. The van der Waals surface area contributed by atoms with Gasteiger partial charge >= 0.3 is 0 Å². The van der Waals surface area contributed by atoms with E-state index in [9.17, 15) is 9.90 Å². The number of aliphatic hydroxyl groups is 1. The van der Waals surface area contributed by atoms with Crippen LogP contribution < -0.4 is 15.6 Å². The lowest BCUT2D eigenvalue weighted by Crippen LogP contribution is -2.22. The van der Waals surface area contributed by atoms with Crippen LogP contribution >= 0.6 is 0 Å². The van der Waals surface area contributed by atoms with Crippen LogP contribution in [0.3, 0.4) is 0 Å². The van der Waals surface area contributed by atoms with Gasteiger partial charge in [0.1, 0.15) is 11.3 Å². The van der Waals surface area contributed by atoms with Crippen molar-refractivity contribution in [2.45, 2.75) is 27.4 Å². The van der Waals surface area contributed by atoms with E-state index >= 15 is 0 Å². The van der Waals surface area contributed by atoms with Crippen LogP contribution in [-0.4, -0.2) is 23.1 Å². The summed E-state index contributed by atoms with van der Waals surface area (Å²) < 4.78 is 11.3. The fourth-order valence-corrected chi connectivity index (χ4v) is 3.67. The maximum Gasteiger partial charge on any atom is 0.261 e. The maximum absolute atomic E-state index is 13.3. The van der Waals surface area contributed by atoms with Gasteiger partial charge in [0.2, 0.25) is 5.55 Å². The van der Waals surface area contributed by atoms with Gasteiger partial charge in [-0.3, -0.25) is 9.78 Å². The highest BCUT2D eigenvalue weighted by Crippen LogP contribution is 2.23. The fourth-order valence-electron chi connectivity index (χ4n) is 3.67. The number of amides is 1. The molecule has 7 nitrogen and oxygen atoms in total. The molecule has 2 aromatic heterocycles. The summed E-state index contributed by atoms with van der Waals surface area (Å²) in [5.74, 6) is 0.307. The molecule has 0 aliphatic heterocycles. The number of rotatable bonds is 5. The van der Waals surface area contributed by atoms with E-state index in [0.717, 1.165) is 11.1 Å². The van der Waals surface area contributed by atoms with Gasteiger partial charge in [-0.05, 0) is 74.4 Å². The Hall–Kier alpha value is -3.97. The monoisotopic (exact) mass is 443 g/mol. The summed E-state index contributed by atoms with van der Waals surface area (Å²) in [5.41, 5.74) is 5.49. The number of aliphatic hydroxyl groups excluding tert-OH is 1. The van der Waals surface area contributed by atoms with Gasteiger partial charge in [-0.2, -0.15) is 0 Å². The topological polar surface area (TPSA) is 97.0 Å². The number of pyridine rings is 1. The SMILES string of the molecule is COc1ccc(NC(=O)c2cc3c(CO)cnc(C)c3oc2=Nc2cc(C)cc(C)c2)cc1. The molecule has 0 unspecified atom stereocenters. The molecule has 4 aromatic rings. The Morgan fingerprint density at radius 1 is 1.09 bits per heavy atom. The number of benzene rings is 2. The zero-order valence-electron chi connectivity index (χ0n) is 19.0. The van der Waals surface area contributed by atoms with Gasteiger partial charge < -0.3 is 19.6 Å². The van der Waals surface area contributed by atoms with Crippen LogP contribution in [0.15, 0.2) is 64.1 Å². The van der Waals surface area contributed by atoms with Gasteiger partial charge in [0.25, 0.3) is 5.91 Å². The van der Waals surface area contributed by atoms with Gasteiger partial charge in [0, 0.05) is 22.8 Å². The zero-order valence-corrected chi connectivity index (χ0v) is 19.0. The zero-order chi connectivity index (χ0) is 23.5. The number of aryl methyl sites for hydroxylation is 3. The molecule has 168 valence electrons. The predicted molar refractivity (Wildman–Crippen MR) is 127 cm³/mol. The quantitative estimate of drug-likeness (QED) is 0.464. The molecule has 0 radical (unpaired) electrons. The van der Waals surface area contributed by atoms with Gasteiger partial charge in [-0.25, -0.2) is 4.99 Å². The van der Waals surface area contributed by atoms with Crippen molar-refractivity contribution in [1.29, 1.82) is 0 Å². The summed E-state index contributed by atoms with van der Waals surface area (Å²) in [7, 11) is 1.58. The van der Waals surface area contributed by atoms with Crippen molar-refractivity contribution < 1.29 is 19.1 Å². The standard InChI is InChI=1S/C26H25N3O4/c1-15-9-16(2)11-20(10-15)29-26-23(25(31)28-19-5-7-21(32-4)8-6-19)12-22-18(14-30)13-27-17(3)24(22)33-26/h5-13,30H,14H2,1-4H3,(H,28,31). The van der Waals surface area contributed by atoms with E-state index in [4.69, 9.17) is 9.15 Å². The molecule has 0 atom stereocenters. The summed E-state index contributed by atoms with van der Waals surface area (Å²) >= 11 is 0. The molecule has 0 aliphatic rings. The third-order valence-electron chi connectivity index (χ3n) is 5.25. The Labute approximate surface area is 191 Å². The van der Waals surface area contributed by atoms with Crippen molar-refractivity contribution in [3.8, 4) is 5.75 Å². The first-order valence-electron chi connectivity index (χ1n) is 10.5. The molecule has 4 rings (SSSR count). The molecule has 0 bridgehead atoms. The third kappa shape index (κ3) is 4.78. The van der Waals surface area contributed by atoms with Crippen LogP contribution in [0.1, 0.15) is 32.7 Å². The Bertz CT molecular complexity index is 1390. The number of carbonyl (C=O) groups excluding carboxylic acids is 1. The number of hydrogen-bond acceptors (Lipinski definition) is 6. The number of nitrogens with one attached hydrogen (secondary N) is 1. The van der Waals surface area contributed by atoms with Crippen molar-refractivity contribution in [2.75, 3.05) is 12.4 Å². The molecule has 0 saturated carbocycles. The molecule has 0 aliphatic carbocycles. The van der Waals surface area contributed by atoms with Crippen LogP contribution in [0.2, 0.25) is 0 Å². The van der Waals surface area contributed by atoms with Gasteiger partial charge in [0.15, 0.2) is 5.58 Å². The van der Waals surface area contributed by atoms with E-state index in [2.05, 4.69) is 21.4 Å². The molecule has 2 N–H and O–H groups in total. The molecular formula is C26H25N3O4. The lowest BCUT2D eigenvalue weighted by atomic mass is 10.1. The predicted octanol–water partition coefficient (Wildman–Crippen LogP) is 4.74. The number of ether oxygens (including phenoxy) is 1. The molecule has 2 aromatic carbocycles. The summed E-state index contributed by atoms with van der Waals surface area (Å²) in [6, 6.07) is 14.6. The normalized spacial score (nSPS) is 11.6. The van der Waals surface area contributed by atoms with Gasteiger partial charge in [-0.1, -0.05) is 6.07 Å². The first-order chi connectivity index (χ1) is 15.9. The minimum absolute atomic E-state index is 0.165. The lowest BCUT2D eigenvalue weighted by Gasteiger charge is -2.10. The molecular weight excluding hydrogens is 418 g/mol. The fraction of sp³-hybridized carbons (Fsp3) is 0.192. The Morgan fingerprint density at radius 2 is 1.79 bits per heavy atom. The summed E-state index contributed by atoms with van der Waals surface area (Å²) in [6.45, 7) is 5.56. The van der Waals surface area contributed by atoms with E-state index in [0.29, 0.717) is 39.4 Å². The average Bonchev–Trinajstić information content (AvgIpc) is 2.79. The minimum Gasteiger partial charge on any atom is -0.497 e. The van der Waals surface area contributed by atoms with Crippen LogP contribution in [0.5, 0.6) is 5.75 Å². The Morgan fingerprint density at radius 3 is 2.42 bits per heavy atom. The largest absolute Gasteiger partial charge is 0.497 e. The highest BCUT2D eigenvalue weighted by molar-refractivity contribution is 6.05. The Balaban J connectivity index is 1.90. The summed E-state index contributed by atoms with van der Waals surface area (Å²) in [4.78, 5) is 22.3. The first-order valence-corrected chi connectivity index (χ1v) is 10.5. The number of aromatic nitrogens is 1. The molecule has 0 saturated heterocycles. The lowest BCUT2D eigenvalue weighted by molar-refractivity contribution is 0.102. The average molecular weight is 444 g/mol. The van der Waals surface area contributed by atoms with E-state index in [1.54, 1.807) is 43.6 Å². The molecule has 2 heterocycles. The number of methoxy groups -OCH3 is 1. The molecule has 0 spiro atoms. The van der Waals surface area contributed by atoms with Crippen molar-refractivity contribution in [1.82, 2.24) is 4.98 Å². The van der Waals surface area contributed by atoms with Gasteiger partial charge in [0.05, 0.1) is 25.1 Å². The van der Waals surface area contributed by atoms with Crippen LogP contribution in [0.4, 0.5) is 11.4 Å². The smallest absolute Gasteiger partial charge is 0.261 e. The summed E-state index contributed by atoms with van der Waals surface area (Å²) in [5, 5.41) is 13.3. The van der Waals surface area contributed by atoms with E-state index in [-0.39, 0.29) is 23.6 Å². The number of hydrogen-bond donors (Lipinski definition) is 2. The van der Waals surface area contributed by atoms with E-state index < -0.39 is 0 Å². The highest BCUT2D eigenvalue weighted by Gasteiger charge is 2.17. The van der Waals surface area contributed by atoms with Crippen molar-refractivity contribution in [2.24, 2.45) is 4.99 Å². The molecule has 33 heavy (non-hydrogen) atoms. The highest BCUT2D eigenvalue weighted by atomic mass is 16.5. The van der Waals surface area contributed by atoms with E-state index in [1.165, 1.54) is 0 Å². The summed E-state index contributed by atoms with van der Waals surface area (Å²) in [6.07, 6.45) is 1.58. The molecule has 7 heteroatoms. The second-order valence-electron chi connectivity index (χ2n) is 7.88. The number of fused-ring (bicyclic) bond motifs is 1. The van der Waals surface area contributed by atoms with Crippen molar-refractivity contribution >= 4 is 28.3 Å².